The molecule has 0 aliphatic carbocycles. The van der Waals surface area contributed by atoms with Gasteiger partial charge in [-0.2, -0.15) is 13.2 Å². The van der Waals surface area contributed by atoms with Crippen LogP contribution in [0, 0.1) is 0 Å². The Kier molecular flexibility index (Phi) is 6.68. The van der Waals surface area contributed by atoms with E-state index in [1.54, 1.807) is 6.20 Å². The van der Waals surface area contributed by atoms with Crippen LogP contribution in [0.4, 0.5) is 18.3 Å². The number of benzene rings is 2. The first kappa shape index (κ1) is 23.2. The minimum Gasteiger partial charge on any atom is -0.384 e. The molecule has 0 bridgehead atoms. The van der Waals surface area contributed by atoms with Crippen molar-refractivity contribution < 1.29 is 22.7 Å². The van der Waals surface area contributed by atoms with Crippen LogP contribution in [0.2, 0.25) is 0 Å². The molecule has 0 radical (unpaired) electrons. The molecule has 33 heavy (non-hydrogen) atoms. The summed E-state index contributed by atoms with van der Waals surface area (Å²) in [6.07, 6.45) is -2.63. The van der Waals surface area contributed by atoms with E-state index in [1.165, 1.54) is 30.6 Å². The number of nitrogens with two attached hydrogens (primary N) is 1. The first-order valence-corrected chi connectivity index (χ1v) is 11.1. The average molecular weight is 477 g/mol. The van der Waals surface area contributed by atoms with Crippen molar-refractivity contribution in [1.29, 1.82) is 0 Å². The highest BCUT2D eigenvalue weighted by atomic mass is 32.1. The van der Waals surface area contributed by atoms with Gasteiger partial charge in [-0.25, -0.2) is 4.98 Å². The number of thiazole rings is 1. The number of nitrogens with one attached hydrogen (secondary N) is 2. The Morgan fingerprint density at radius 1 is 1.24 bits per heavy atom. The van der Waals surface area contributed by atoms with Crippen molar-refractivity contribution in [3.8, 4) is 10.4 Å². The lowest BCUT2D eigenvalue weighted by Crippen LogP contribution is -2.37. The highest BCUT2D eigenvalue weighted by Crippen LogP contribution is 2.33. The fraction of sp³-hybridized carbons (Fsp3) is 0.304. The first-order chi connectivity index (χ1) is 15.8. The topological polar surface area (TPSA) is 89.3 Å². The van der Waals surface area contributed by atoms with Crippen LogP contribution in [0.25, 0.3) is 10.4 Å². The predicted octanol–water partition coefficient (Wildman–Crippen LogP) is 4.24. The summed E-state index contributed by atoms with van der Waals surface area (Å²) in [6.45, 7) is 1.16. The van der Waals surface area contributed by atoms with Gasteiger partial charge < -0.3 is 21.1 Å². The van der Waals surface area contributed by atoms with Crippen molar-refractivity contribution in [3.05, 3.63) is 70.9 Å². The molecule has 4 N–H and O–H groups in total. The molecular formula is C23H23F3N4O2S. The summed E-state index contributed by atoms with van der Waals surface area (Å²) in [7, 11) is 1.53. The molecule has 1 aromatic heterocycles. The van der Waals surface area contributed by atoms with Crippen LogP contribution < -0.4 is 16.4 Å². The smallest absolute Gasteiger partial charge is 0.384 e. The quantitative estimate of drug-likeness (QED) is 0.453. The average Bonchev–Trinajstić information content (AvgIpc) is 3.42. The number of methoxy groups -OCH3 is 1. The SMILES string of the molecule is COC[C@@H](c1ccc(C(F)(F)F)cc1)[C@H](N)CNc1ncc(-c2ccc3c(c2)CNC3=O)s1. The number of hydrogen-bond acceptors (Lipinski definition) is 6. The van der Waals surface area contributed by atoms with E-state index in [9.17, 15) is 18.0 Å². The molecule has 174 valence electrons. The van der Waals surface area contributed by atoms with Crippen LogP contribution in [0.1, 0.15) is 33.0 Å². The molecule has 0 saturated heterocycles. The number of anilines is 1. The third-order valence-electron chi connectivity index (χ3n) is 5.60. The number of halogens is 3. The van der Waals surface area contributed by atoms with Crippen molar-refractivity contribution in [2.24, 2.45) is 5.73 Å². The van der Waals surface area contributed by atoms with Gasteiger partial charge in [0.05, 0.1) is 17.0 Å². The van der Waals surface area contributed by atoms with E-state index in [-0.39, 0.29) is 18.4 Å². The van der Waals surface area contributed by atoms with Crippen LogP contribution in [0.15, 0.2) is 48.7 Å². The van der Waals surface area contributed by atoms with Gasteiger partial charge in [-0.3, -0.25) is 4.79 Å². The lowest BCUT2D eigenvalue weighted by molar-refractivity contribution is -0.137. The number of alkyl halides is 3. The minimum absolute atomic E-state index is 0.0594. The van der Waals surface area contributed by atoms with E-state index in [1.807, 2.05) is 18.2 Å². The molecule has 0 saturated carbocycles. The van der Waals surface area contributed by atoms with Gasteiger partial charge in [0.25, 0.3) is 5.91 Å². The summed E-state index contributed by atoms with van der Waals surface area (Å²) in [6, 6.07) is 10.3. The standard InChI is InChI=1S/C23H23F3N4O2S/c1-32-12-18(13-2-5-16(6-3-13)23(24,25)26)19(27)10-29-22-30-11-20(33-22)14-4-7-17-15(8-14)9-28-21(17)31/h2-8,11,18-19H,9-10,12,27H2,1H3,(H,28,31)(H,29,30)/t18-,19+/m0/s1. The van der Waals surface area contributed by atoms with Gasteiger partial charge in [-0.1, -0.05) is 29.5 Å². The predicted molar refractivity (Wildman–Crippen MR) is 121 cm³/mol. The van der Waals surface area contributed by atoms with Crippen LogP contribution >= 0.6 is 11.3 Å². The molecule has 0 spiro atoms. The molecule has 6 nitrogen and oxygen atoms in total. The van der Waals surface area contributed by atoms with Crippen molar-refractivity contribution in [2.75, 3.05) is 25.6 Å². The highest BCUT2D eigenvalue weighted by Gasteiger charge is 2.30. The number of fused-ring (bicyclic) bond motifs is 1. The molecule has 2 aromatic carbocycles. The first-order valence-electron chi connectivity index (χ1n) is 10.3. The Morgan fingerprint density at radius 3 is 2.70 bits per heavy atom. The Bertz CT molecular complexity index is 1130. The van der Waals surface area contributed by atoms with Gasteiger partial charge in [-0.15, -0.1) is 0 Å². The molecule has 2 heterocycles. The minimum atomic E-state index is -4.38. The van der Waals surface area contributed by atoms with Gasteiger partial charge >= 0.3 is 6.18 Å². The lowest BCUT2D eigenvalue weighted by Gasteiger charge is -2.24. The summed E-state index contributed by atoms with van der Waals surface area (Å²) in [5.74, 6) is -0.346. The van der Waals surface area contributed by atoms with E-state index in [2.05, 4.69) is 15.6 Å². The number of rotatable bonds is 8. The fourth-order valence-electron chi connectivity index (χ4n) is 3.79. The van der Waals surface area contributed by atoms with Crippen molar-refractivity contribution in [3.63, 3.8) is 0 Å². The van der Waals surface area contributed by atoms with Crippen LogP contribution in [0.3, 0.4) is 0 Å². The normalized spacial score (nSPS) is 15.1. The second-order valence-corrected chi connectivity index (χ2v) is 8.84. The molecule has 1 aliphatic heterocycles. The van der Waals surface area contributed by atoms with E-state index < -0.39 is 17.8 Å². The summed E-state index contributed by atoms with van der Waals surface area (Å²) < 4.78 is 43.8. The van der Waals surface area contributed by atoms with Crippen LogP contribution in [0.5, 0.6) is 0 Å². The number of carbonyl (C=O) groups is 1. The molecule has 0 fully saturated rings. The molecule has 1 aliphatic rings. The van der Waals surface area contributed by atoms with E-state index in [0.29, 0.717) is 29.3 Å². The zero-order chi connectivity index (χ0) is 23.6. The highest BCUT2D eigenvalue weighted by molar-refractivity contribution is 7.18. The van der Waals surface area contributed by atoms with E-state index in [4.69, 9.17) is 10.5 Å². The van der Waals surface area contributed by atoms with Crippen LogP contribution in [-0.2, 0) is 17.5 Å². The third-order valence-corrected chi connectivity index (χ3v) is 6.60. The molecule has 4 rings (SSSR count). The summed E-state index contributed by atoms with van der Waals surface area (Å²) in [5.41, 5.74) is 8.98. The maximum Gasteiger partial charge on any atom is 0.416 e. The van der Waals surface area contributed by atoms with Gasteiger partial charge in [-0.05, 0) is 41.0 Å². The van der Waals surface area contributed by atoms with Crippen molar-refractivity contribution >= 4 is 22.4 Å². The van der Waals surface area contributed by atoms with E-state index >= 15 is 0 Å². The number of amides is 1. The molecule has 0 unspecified atom stereocenters. The summed E-state index contributed by atoms with van der Waals surface area (Å²) >= 11 is 1.46. The fourth-order valence-corrected chi connectivity index (χ4v) is 4.61. The number of ether oxygens (including phenoxy) is 1. The second-order valence-electron chi connectivity index (χ2n) is 7.81. The Hall–Kier alpha value is -2.95. The maximum atomic E-state index is 12.9. The van der Waals surface area contributed by atoms with Crippen LogP contribution in [-0.4, -0.2) is 37.2 Å². The monoisotopic (exact) mass is 476 g/mol. The molecule has 1 amide bonds. The molecule has 10 heteroatoms. The number of hydrogen-bond donors (Lipinski definition) is 3. The zero-order valence-corrected chi connectivity index (χ0v) is 18.6. The Labute approximate surface area is 193 Å². The largest absolute Gasteiger partial charge is 0.416 e. The summed E-state index contributed by atoms with van der Waals surface area (Å²) in [5, 5.41) is 6.70. The lowest BCUT2D eigenvalue weighted by atomic mass is 9.92. The van der Waals surface area contributed by atoms with Gasteiger partial charge in [0.2, 0.25) is 0 Å². The van der Waals surface area contributed by atoms with Crippen molar-refractivity contribution in [1.82, 2.24) is 10.3 Å². The van der Waals surface area contributed by atoms with Crippen molar-refractivity contribution in [2.45, 2.75) is 24.7 Å². The summed E-state index contributed by atoms with van der Waals surface area (Å²) in [4.78, 5) is 17.1. The zero-order valence-electron chi connectivity index (χ0n) is 17.8. The van der Waals surface area contributed by atoms with Gasteiger partial charge in [0, 0.05) is 43.9 Å². The molecular weight excluding hydrogens is 453 g/mol. The maximum absolute atomic E-state index is 12.9. The third kappa shape index (κ3) is 5.18. The number of aromatic nitrogens is 1. The number of carbonyl (C=O) groups excluding carboxylic acids is 1. The van der Waals surface area contributed by atoms with Gasteiger partial charge in [0.15, 0.2) is 5.13 Å². The Morgan fingerprint density at radius 2 is 2.00 bits per heavy atom. The second kappa shape index (κ2) is 9.50. The van der Waals surface area contributed by atoms with Gasteiger partial charge in [0.1, 0.15) is 0 Å². The Balaban J connectivity index is 1.42. The van der Waals surface area contributed by atoms with E-state index in [0.717, 1.165) is 28.1 Å². The number of nitrogens with zero attached hydrogens (tertiary/aromatic N) is 1. The molecule has 3 aromatic rings. The molecule has 2 atom stereocenters.